The Morgan fingerprint density at radius 2 is 2.06 bits per heavy atom. The molecular formula is C11H15F3N2S. The van der Waals surface area contributed by atoms with Crippen LogP contribution in [0.3, 0.4) is 0 Å². The lowest BCUT2D eigenvalue weighted by atomic mass is 9.99. The van der Waals surface area contributed by atoms with Crippen LogP contribution < -0.4 is 0 Å². The zero-order valence-corrected chi connectivity index (χ0v) is 10.4. The van der Waals surface area contributed by atoms with E-state index in [4.69, 9.17) is 0 Å². The maximum Gasteiger partial charge on any atom is 0.443 e. The van der Waals surface area contributed by atoms with Crippen LogP contribution in [-0.2, 0) is 12.7 Å². The van der Waals surface area contributed by atoms with E-state index in [9.17, 15) is 13.2 Å². The SMILES string of the molecule is CC1CCN(Cc2csc(C(F)(F)F)n2)CC1. The lowest BCUT2D eigenvalue weighted by Gasteiger charge is -2.29. The van der Waals surface area contributed by atoms with Crippen LogP contribution in [-0.4, -0.2) is 23.0 Å². The van der Waals surface area contributed by atoms with Gasteiger partial charge in [-0.2, -0.15) is 13.2 Å². The molecule has 0 amide bonds. The topological polar surface area (TPSA) is 16.1 Å². The molecule has 0 unspecified atom stereocenters. The fourth-order valence-electron chi connectivity index (χ4n) is 1.96. The molecule has 0 bridgehead atoms. The van der Waals surface area contributed by atoms with E-state index < -0.39 is 11.2 Å². The molecule has 1 aromatic rings. The summed E-state index contributed by atoms with van der Waals surface area (Å²) < 4.78 is 37.1. The van der Waals surface area contributed by atoms with Crippen molar-refractivity contribution < 1.29 is 13.2 Å². The molecule has 1 aromatic heterocycles. The smallest absolute Gasteiger partial charge is 0.297 e. The van der Waals surface area contributed by atoms with Gasteiger partial charge in [0.1, 0.15) is 0 Å². The number of alkyl halides is 3. The first-order chi connectivity index (χ1) is 7.95. The fourth-order valence-corrected chi connectivity index (χ4v) is 2.64. The average Bonchev–Trinajstić information content (AvgIpc) is 2.69. The molecule has 0 spiro atoms. The molecule has 1 fully saturated rings. The lowest BCUT2D eigenvalue weighted by Crippen LogP contribution is -2.32. The van der Waals surface area contributed by atoms with Crippen LogP contribution in [0.1, 0.15) is 30.5 Å². The van der Waals surface area contributed by atoms with Crippen LogP contribution in [0.15, 0.2) is 5.38 Å². The third-order valence-corrected chi connectivity index (χ3v) is 3.99. The summed E-state index contributed by atoms with van der Waals surface area (Å²) in [5.74, 6) is 0.729. The van der Waals surface area contributed by atoms with E-state index in [0.717, 1.165) is 31.8 Å². The van der Waals surface area contributed by atoms with E-state index in [1.165, 1.54) is 5.38 Å². The Morgan fingerprint density at radius 1 is 1.41 bits per heavy atom. The summed E-state index contributed by atoms with van der Waals surface area (Å²) in [4.78, 5) is 5.82. The Balaban J connectivity index is 1.93. The molecule has 1 saturated heterocycles. The number of piperidine rings is 1. The Bertz CT molecular complexity index is 367. The van der Waals surface area contributed by atoms with Crippen molar-refractivity contribution in [3.63, 3.8) is 0 Å². The van der Waals surface area contributed by atoms with Gasteiger partial charge in [-0.3, -0.25) is 4.90 Å². The Labute approximate surface area is 102 Å². The number of aromatic nitrogens is 1. The van der Waals surface area contributed by atoms with Crippen molar-refractivity contribution >= 4 is 11.3 Å². The highest BCUT2D eigenvalue weighted by molar-refractivity contribution is 7.09. The van der Waals surface area contributed by atoms with Crippen LogP contribution in [0.5, 0.6) is 0 Å². The van der Waals surface area contributed by atoms with E-state index in [0.29, 0.717) is 23.6 Å². The number of thiazole rings is 1. The molecule has 0 saturated carbocycles. The quantitative estimate of drug-likeness (QED) is 0.814. The van der Waals surface area contributed by atoms with Crippen molar-refractivity contribution in [3.05, 3.63) is 16.1 Å². The van der Waals surface area contributed by atoms with Crippen molar-refractivity contribution in [2.24, 2.45) is 5.92 Å². The Morgan fingerprint density at radius 3 is 2.59 bits per heavy atom. The second-order valence-electron chi connectivity index (χ2n) is 4.60. The normalized spacial score (nSPS) is 19.8. The van der Waals surface area contributed by atoms with E-state index in [1.807, 2.05) is 0 Å². The molecule has 17 heavy (non-hydrogen) atoms. The highest BCUT2D eigenvalue weighted by Crippen LogP contribution is 2.32. The van der Waals surface area contributed by atoms with E-state index in [2.05, 4.69) is 16.8 Å². The van der Waals surface area contributed by atoms with Crippen LogP contribution in [0.2, 0.25) is 0 Å². The van der Waals surface area contributed by atoms with Crippen molar-refractivity contribution in [3.8, 4) is 0 Å². The van der Waals surface area contributed by atoms with Gasteiger partial charge in [0.2, 0.25) is 0 Å². The summed E-state index contributed by atoms with van der Waals surface area (Å²) in [5, 5.41) is 0.777. The van der Waals surface area contributed by atoms with Crippen molar-refractivity contribution in [1.29, 1.82) is 0 Å². The molecule has 2 heterocycles. The summed E-state index contributed by atoms with van der Waals surface area (Å²) in [5.41, 5.74) is 0.539. The second kappa shape index (κ2) is 4.94. The van der Waals surface area contributed by atoms with Gasteiger partial charge < -0.3 is 0 Å². The minimum Gasteiger partial charge on any atom is -0.297 e. The van der Waals surface area contributed by atoms with Crippen molar-refractivity contribution in [1.82, 2.24) is 9.88 Å². The largest absolute Gasteiger partial charge is 0.443 e. The predicted octanol–water partition coefficient (Wildman–Crippen LogP) is 3.39. The van der Waals surface area contributed by atoms with Gasteiger partial charge in [0.25, 0.3) is 0 Å². The number of hydrogen-bond acceptors (Lipinski definition) is 3. The van der Waals surface area contributed by atoms with Gasteiger partial charge in [0, 0.05) is 11.9 Å². The Hall–Kier alpha value is -0.620. The summed E-state index contributed by atoms with van der Waals surface area (Å²) in [6.45, 7) is 4.67. The molecular weight excluding hydrogens is 249 g/mol. The molecule has 2 nitrogen and oxygen atoms in total. The van der Waals surface area contributed by atoms with Gasteiger partial charge in [0.15, 0.2) is 5.01 Å². The monoisotopic (exact) mass is 264 g/mol. The van der Waals surface area contributed by atoms with Gasteiger partial charge in [-0.15, -0.1) is 11.3 Å². The number of nitrogens with zero attached hydrogens (tertiary/aromatic N) is 2. The zero-order chi connectivity index (χ0) is 12.5. The molecule has 0 radical (unpaired) electrons. The van der Waals surface area contributed by atoms with Crippen LogP contribution in [0, 0.1) is 5.92 Å². The summed E-state index contributed by atoms with van der Waals surface area (Å²) >= 11 is 0.683. The first-order valence-electron chi connectivity index (χ1n) is 5.69. The van der Waals surface area contributed by atoms with E-state index >= 15 is 0 Å². The van der Waals surface area contributed by atoms with Crippen molar-refractivity contribution in [2.75, 3.05) is 13.1 Å². The van der Waals surface area contributed by atoms with Gasteiger partial charge in [0.05, 0.1) is 5.69 Å². The minimum atomic E-state index is -4.31. The highest BCUT2D eigenvalue weighted by Gasteiger charge is 2.34. The number of halogens is 3. The third-order valence-electron chi connectivity index (χ3n) is 3.06. The molecule has 96 valence electrons. The second-order valence-corrected chi connectivity index (χ2v) is 5.46. The van der Waals surface area contributed by atoms with Crippen LogP contribution >= 0.6 is 11.3 Å². The molecule has 1 aliphatic rings. The molecule has 6 heteroatoms. The van der Waals surface area contributed by atoms with E-state index in [1.54, 1.807) is 0 Å². The number of likely N-dealkylation sites (tertiary alicyclic amines) is 1. The maximum absolute atomic E-state index is 12.4. The van der Waals surface area contributed by atoms with Gasteiger partial charge in [-0.05, 0) is 31.8 Å². The van der Waals surface area contributed by atoms with Crippen molar-refractivity contribution in [2.45, 2.75) is 32.5 Å². The zero-order valence-electron chi connectivity index (χ0n) is 9.63. The molecule has 0 aliphatic carbocycles. The summed E-state index contributed by atoms with van der Waals surface area (Å²) in [6.07, 6.45) is -2.06. The first-order valence-corrected chi connectivity index (χ1v) is 6.57. The number of hydrogen-bond donors (Lipinski definition) is 0. The highest BCUT2D eigenvalue weighted by atomic mass is 32.1. The summed E-state index contributed by atoms with van der Waals surface area (Å²) in [6, 6.07) is 0. The lowest BCUT2D eigenvalue weighted by molar-refractivity contribution is -0.137. The van der Waals surface area contributed by atoms with Gasteiger partial charge in [-0.25, -0.2) is 4.98 Å². The Kier molecular flexibility index (Phi) is 3.73. The molecule has 0 atom stereocenters. The number of rotatable bonds is 2. The average molecular weight is 264 g/mol. The molecule has 0 aromatic carbocycles. The van der Waals surface area contributed by atoms with Crippen LogP contribution in [0.4, 0.5) is 13.2 Å². The standard InChI is InChI=1S/C11H15F3N2S/c1-8-2-4-16(5-3-8)6-9-7-17-10(15-9)11(12,13)14/h7-8H,2-6H2,1H3. The van der Waals surface area contributed by atoms with E-state index in [-0.39, 0.29) is 0 Å². The summed E-state index contributed by atoms with van der Waals surface area (Å²) in [7, 11) is 0. The molecule has 0 N–H and O–H groups in total. The van der Waals surface area contributed by atoms with Gasteiger partial charge >= 0.3 is 6.18 Å². The maximum atomic E-state index is 12.4. The van der Waals surface area contributed by atoms with Gasteiger partial charge in [-0.1, -0.05) is 6.92 Å². The fraction of sp³-hybridized carbons (Fsp3) is 0.727. The molecule has 1 aliphatic heterocycles. The third kappa shape index (κ3) is 3.42. The predicted molar refractivity (Wildman–Crippen MR) is 60.8 cm³/mol. The van der Waals surface area contributed by atoms with Crippen LogP contribution in [0.25, 0.3) is 0 Å². The first kappa shape index (κ1) is 12.8. The molecule has 2 rings (SSSR count). The minimum absolute atomic E-state index is 0.539.